The number of amides is 1. The second-order valence-corrected chi connectivity index (χ2v) is 7.52. The number of alkyl carbamates (subject to hydrolysis) is 1. The Morgan fingerprint density at radius 3 is 2.47 bits per heavy atom. The average molecular weight is 468 g/mol. The zero-order chi connectivity index (χ0) is 23.1. The summed E-state index contributed by atoms with van der Waals surface area (Å²) in [5.41, 5.74) is 0.591. The summed E-state index contributed by atoms with van der Waals surface area (Å²) in [6.07, 6.45) is -1.32. The average Bonchev–Trinajstić information content (AvgIpc) is 3.15. The van der Waals surface area contributed by atoms with Crippen LogP contribution in [0.1, 0.15) is 17.0 Å². The lowest BCUT2D eigenvalue weighted by Crippen LogP contribution is -2.49. The Morgan fingerprint density at radius 1 is 1.19 bits per heavy atom. The Bertz CT molecular complexity index is 934. The van der Waals surface area contributed by atoms with Crippen LogP contribution in [0.2, 0.25) is 5.02 Å². The molecule has 0 saturated heterocycles. The molecule has 2 N–H and O–H groups in total. The van der Waals surface area contributed by atoms with Crippen molar-refractivity contribution < 1.29 is 27.8 Å². The van der Waals surface area contributed by atoms with Crippen LogP contribution in [0.3, 0.4) is 0 Å². The summed E-state index contributed by atoms with van der Waals surface area (Å²) in [5, 5.41) is 5.64. The smallest absolute Gasteiger partial charge is 0.408 e. The van der Waals surface area contributed by atoms with E-state index in [1.54, 1.807) is 0 Å². The van der Waals surface area contributed by atoms with Gasteiger partial charge in [-0.25, -0.2) is 13.6 Å². The summed E-state index contributed by atoms with van der Waals surface area (Å²) in [4.78, 5) is 16.8. The van der Waals surface area contributed by atoms with Crippen LogP contribution in [-0.4, -0.2) is 51.6 Å². The Kier molecular flexibility index (Phi) is 8.38. The normalized spacial score (nSPS) is 17.9. The molecule has 0 radical (unpaired) electrons. The molecule has 0 spiro atoms. The minimum atomic E-state index is -0.863. The predicted octanol–water partition coefficient (Wildman–Crippen LogP) is 3.62. The van der Waals surface area contributed by atoms with Crippen LogP contribution in [0, 0.1) is 11.6 Å². The van der Waals surface area contributed by atoms with Crippen LogP contribution in [-0.2, 0) is 20.8 Å². The fourth-order valence-corrected chi connectivity index (χ4v) is 3.63. The van der Waals surface area contributed by atoms with Gasteiger partial charge in [-0.15, -0.1) is 0 Å². The SMILES string of the molecule is COC(CNC1=NC[C@@H](c2c(F)cc(Cl)cc2F)[C@@H]1NC(=O)OCc1ccccc1)OC. The first-order valence-electron chi connectivity index (χ1n) is 9.88. The highest BCUT2D eigenvalue weighted by Crippen LogP contribution is 2.32. The summed E-state index contributed by atoms with van der Waals surface area (Å²) in [6.45, 7) is 0.302. The van der Waals surface area contributed by atoms with E-state index in [9.17, 15) is 13.6 Å². The number of aliphatic imine (C=N–C) groups is 1. The van der Waals surface area contributed by atoms with Crippen molar-refractivity contribution in [3.63, 3.8) is 0 Å². The zero-order valence-corrected chi connectivity index (χ0v) is 18.4. The summed E-state index contributed by atoms with van der Waals surface area (Å²) >= 11 is 5.76. The van der Waals surface area contributed by atoms with Crippen molar-refractivity contribution in [3.05, 3.63) is 70.2 Å². The number of ether oxygens (including phenoxy) is 3. The predicted molar refractivity (Wildman–Crippen MR) is 116 cm³/mol. The zero-order valence-electron chi connectivity index (χ0n) is 17.6. The molecule has 0 saturated carbocycles. The van der Waals surface area contributed by atoms with Crippen LogP contribution < -0.4 is 10.6 Å². The maximum Gasteiger partial charge on any atom is 0.408 e. The van der Waals surface area contributed by atoms with Crippen molar-refractivity contribution in [2.45, 2.75) is 24.9 Å². The highest BCUT2D eigenvalue weighted by Gasteiger charge is 2.38. The molecule has 0 fully saturated rings. The molecule has 1 amide bonds. The monoisotopic (exact) mass is 467 g/mol. The van der Waals surface area contributed by atoms with E-state index in [4.69, 9.17) is 25.8 Å². The third kappa shape index (κ3) is 5.93. The minimum Gasteiger partial charge on any atom is -0.445 e. The van der Waals surface area contributed by atoms with Crippen molar-refractivity contribution in [1.29, 1.82) is 0 Å². The molecule has 1 heterocycles. The van der Waals surface area contributed by atoms with Crippen molar-refractivity contribution >= 4 is 23.5 Å². The second-order valence-electron chi connectivity index (χ2n) is 7.08. The highest BCUT2D eigenvalue weighted by molar-refractivity contribution is 6.30. The van der Waals surface area contributed by atoms with Crippen LogP contribution in [0.5, 0.6) is 0 Å². The van der Waals surface area contributed by atoms with E-state index >= 15 is 0 Å². The summed E-state index contributed by atoms with van der Waals surface area (Å²) in [7, 11) is 2.95. The Balaban J connectivity index is 1.77. The van der Waals surface area contributed by atoms with Gasteiger partial charge in [0.1, 0.15) is 24.1 Å². The number of hydrogen-bond donors (Lipinski definition) is 2. The van der Waals surface area contributed by atoms with Gasteiger partial charge in [0.05, 0.1) is 19.1 Å². The fourth-order valence-electron chi connectivity index (χ4n) is 3.43. The van der Waals surface area contributed by atoms with E-state index in [0.717, 1.165) is 17.7 Å². The summed E-state index contributed by atoms with van der Waals surface area (Å²) in [6, 6.07) is 10.3. The lowest BCUT2D eigenvalue weighted by atomic mass is 9.92. The molecule has 1 aliphatic rings. The fraction of sp³-hybridized carbons (Fsp3) is 0.364. The number of carbonyl (C=O) groups is 1. The van der Waals surface area contributed by atoms with Crippen LogP contribution >= 0.6 is 11.6 Å². The molecule has 2 aromatic rings. The van der Waals surface area contributed by atoms with E-state index in [0.29, 0.717) is 5.84 Å². The van der Waals surface area contributed by atoms with Gasteiger partial charge in [0.25, 0.3) is 0 Å². The number of amidine groups is 1. The lowest BCUT2D eigenvalue weighted by molar-refractivity contribution is -0.0966. The van der Waals surface area contributed by atoms with Crippen molar-refractivity contribution in [3.8, 4) is 0 Å². The van der Waals surface area contributed by atoms with E-state index in [1.165, 1.54) is 14.2 Å². The topological polar surface area (TPSA) is 81.2 Å². The maximum absolute atomic E-state index is 14.6. The molecule has 7 nitrogen and oxygen atoms in total. The third-order valence-electron chi connectivity index (χ3n) is 5.03. The molecular formula is C22H24ClF2N3O4. The molecule has 0 aromatic heterocycles. The van der Waals surface area contributed by atoms with Gasteiger partial charge in [0.15, 0.2) is 6.29 Å². The number of nitrogens with one attached hydrogen (secondary N) is 2. The molecule has 10 heteroatoms. The van der Waals surface area contributed by atoms with Gasteiger partial charge < -0.3 is 24.8 Å². The van der Waals surface area contributed by atoms with E-state index in [2.05, 4.69) is 15.6 Å². The first-order valence-corrected chi connectivity index (χ1v) is 10.3. The quantitative estimate of drug-likeness (QED) is 0.580. The van der Waals surface area contributed by atoms with Crippen molar-refractivity contribution in [2.24, 2.45) is 4.99 Å². The van der Waals surface area contributed by atoms with E-state index in [-0.39, 0.29) is 30.3 Å². The largest absolute Gasteiger partial charge is 0.445 e. The number of hydrogen-bond acceptors (Lipinski definition) is 6. The molecular weight excluding hydrogens is 444 g/mol. The molecule has 0 bridgehead atoms. The highest BCUT2D eigenvalue weighted by atomic mass is 35.5. The first-order chi connectivity index (χ1) is 15.4. The van der Waals surface area contributed by atoms with Gasteiger partial charge in [0.2, 0.25) is 0 Å². The van der Waals surface area contributed by atoms with Crippen molar-refractivity contribution in [2.75, 3.05) is 27.3 Å². The molecule has 2 atom stereocenters. The number of halogens is 3. The first kappa shape index (κ1) is 23.9. The van der Waals surface area contributed by atoms with Gasteiger partial charge in [0, 0.05) is 30.7 Å². The molecule has 32 heavy (non-hydrogen) atoms. The minimum absolute atomic E-state index is 0.0447. The summed E-state index contributed by atoms with van der Waals surface area (Å²) < 4.78 is 44.8. The van der Waals surface area contributed by atoms with Crippen LogP contribution in [0.25, 0.3) is 0 Å². The molecule has 2 aromatic carbocycles. The van der Waals surface area contributed by atoms with Crippen LogP contribution in [0.4, 0.5) is 13.6 Å². The van der Waals surface area contributed by atoms with Gasteiger partial charge in [-0.1, -0.05) is 41.9 Å². The Hall–Kier alpha value is -2.75. The molecule has 0 unspecified atom stereocenters. The molecule has 3 rings (SSSR count). The van der Waals surface area contributed by atoms with Gasteiger partial charge in [-0.2, -0.15) is 0 Å². The van der Waals surface area contributed by atoms with E-state index < -0.39 is 36.0 Å². The number of methoxy groups -OCH3 is 2. The second kappa shape index (κ2) is 11.2. The standard InChI is InChI=1S/C22H24ClF2N3O4/c1-30-18(31-2)11-27-21-20(28-22(29)32-12-13-6-4-3-5-7-13)15(10-26-21)19-16(24)8-14(23)9-17(19)25/h3-9,15,18,20H,10-12H2,1-2H3,(H,26,27)(H,28,29)/t15-,20-/m0/s1. The number of rotatable bonds is 8. The van der Waals surface area contributed by atoms with Gasteiger partial charge in [-0.05, 0) is 17.7 Å². The van der Waals surface area contributed by atoms with Gasteiger partial charge >= 0.3 is 6.09 Å². The van der Waals surface area contributed by atoms with Crippen molar-refractivity contribution in [1.82, 2.24) is 10.6 Å². The molecule has 0 aliphatic carbocycles. The number of nitrogens with zero attached hydrogens (tertiary/aromatic N) is 1. The maximum atomic E-state index is 14.6. The number of carbonyl (C=O) groups excluding carboxylic acids is 1. The van der Waals surface area contributed by atoms with Crippen LogP contribution in [0.15, 0.2) is 47.5 Å². The Labute approximate surface area is 189 Å². The third-order valence-corrected chi connectivity index (χ3v) is 5.25. The number of benzene rings is 2. The Morgan fingerprint density at radius 2 is 1.84 bits per heavy atom. The molecule has 172 valence electrons. The lowest BCUT2D eigenvalue weighted by Gasteiger charge is -2.25. The summed E-state index contributed by atoms with van der Waals surface area (Å²) in [5.74, 6) is -2.10. The van der Waals surface area contributed by atoms with E-state index in [1.807, 2.05) is 30.3 Å². The van der Waals surface area contributed by atoms with Gasteiger partial charge in [-0.3, -0.25) is 4.99 Å². The molecule has 1 aliphatic heterocycles.